The van der Waals surface area contributed by atoms with Crippen LogP contribution in [-0.2, 0) is 4.79 Å². The molecule has 0 spiro atoms. The summed E-state index contributed by atoms with van der Waals surface area (Å²) in [7, 11) is 0. The van der Waals surface area contributed by atoms with Crippen LogP contribution < -0.4 is 14.8 Å². The molecule has 0 saturated carbocycles. The highest BCUT2D eigenvalue weighted by molar-refractivity contribution is 5.81. The van der Waals surface area contributed by atoms with Crippen LogP contribution in [0.1, 0.15) is 35.6 Å². The van der Waals surface area contributed by atoms with Crippen molar-refractivity contribution in [2.45, 2.75) is 47.1 Å². The van der Waals surface area contributed by atoms with E-state index >= 15 is 0 Å². The predicted octanol–water partition coefficient (Wildman–Crippen LogP) is 4.27. The van der Waals surface area contributed by atoms with Crippen LogP contribution in [0.3, 0.4) is 0 Å². The fourth-order valence-corrected chi connectivity index (χ4v) is 2.59. The summed E-state index contributed by atoms with van der Waals surface area (Å²) in [5.41, 5.74) is 4.60. The Bertz CT molecular complexity index is 755. The Morgan fingerprint density at radius 3 is 2.42 bits per heavy atom. The molecule has 26 heavy (non-hydrogen) atoms. The number of amides is 1. The lowest BCUT2D eigenvalue weighted by Gasteiger charge is -2.18. The van der Waals surface area contributed by atoms with E-state index < -0.39 is 6.10 Å². The first-order valence-corrected chi connectivity index (χ1v) is 9.12. The van der Waals surface area contributed by atoms with Gasteiger partial charge in [-0.3, -0.25) is 4.79 Å². The van der Waals surface area contributed by atoms with Gasteiger partial charge in [0.15, 0.2) is 6.10 Å². The molecule has 4 heteroatoms. The molecule has 4 nitrogen and oxygen atoms in total. The molecule has 1 amide bonds. The van der Waals surface area contributed by atoms with E-state index in [0.717, 1.165) is 28.2 Å². The molecule has 0 radical (unpaired) electrons. The van der Waals surface area contributed by atoms with E-state index in [1.54, 1.807) is 0 Å². The number of ether oxygens (including phenoxy) is 2. The molecule has 1 atom stereocenters. The average Bonchev–Trinajstić information content (AvgIpc) is 2.62. The lowest BCUT2D eigenvalue weighted by molar-refractivity contribution is -0.128. The standard InChI is InChI=1S/C22H29NO3/c1-6-20(26-19-10-9-16(3)18(5)14-19)22(24)23-11-12-25-21-13-15(2)7-8-17(21)4/h7-10,13-14,20H,6,11-12H2,1-5H3,(H,23,24)/t20-/m1/s1. The van der Waals surface area contributed by atoms with Gasteiger partial charge in [-0.05, 0) is 74.6 Å². The monoisotopic (exact) mass is 355 g/mol. The molecule has 0 aromatic heterocycles. The zero-order valence-electron chi connectivity index (χ0n) is 16.4. The van der Waals surface area contributed by atoms with Gasteiger partial charge in [-0.15, -0.1) is 0 Å². The molecule has 1 N–H and O–H groups in total. The molecule has 0 heterocycles. The molecular formula is C22H29NO3. The van der Waals surface area contributed by atoms with Gasteiger partial charge in [-0.1, -0.05) is 25.1 Å². The highest BCUT2D eigenvalue weighted by atomic mass is 16.5. The van der Waals surface area contributed by atoms with Crippen molar-refractivity contribution in [1.29, 1.82) is 0 Å². The zero-order chi connectivity index (χ0) is 19.1. The van der Waals surface area contributed by atoms with Gasteiger partial charge in [0.1, 0.15) is 18.1 Å². The minimum atomic E-state index is -0.502. The van der Waals surface area contributed by atoms with Crippen molar-refractivity contribution in [1.82, 2.24) is 5.32 Å². The Balaban J connectivity index is 1.83. The van der Waals surface area contributed by atoms with Crippen LogP contribution in [0.4, 0.5) is 0 Å². The Kier molecular flexibility index (Phi) is 7.07. The van der Waals surface area contributed by atoms with Crippen LogP contribution in [0.2, 0.25) is 0 Å². The largest absolute Gasteiger partial charge is 0.491 e. The first-order valence-electron chi connectivity index (χ1n) is 9.12. The molecule has 0 saturated heterocycles. The van der Waals surface area contributed by atoms with Crippen molar-refractivity contribution >= 4 is 5.91 Å². The summed E-state index contributed by atoms with van der Waals surface area (Å²) < 4.78 is 11.6. The van der Waals surface area contributed by atoms with Crippen molar-refractivity contribution in [3.8, 4) is 11.5 Å². The molecule has 0 aliphatic heterocycles. The molecule has 0 unspecified atom stereocenters. The topological polar surface area (TPSA) is 47.6 Å². The summed E-state index contributed by atoms with van der Waals surface area (Å²) >= 11 is 0. The smallest absolute Gasteiger partial charge is 0.261 e. The quantitative estimate of drug-likeness (QED) is 0.719. The van der Waals surface area contributed by atoms with E-state index in [4.69, 9.17) is 9.47 Å². The molecule has 0 bridgehead atoms. The van der Waals surface area contributed by atoms with Crippen LogP contribution in [0.5, 0.6) is 11.5 Å². The Hall–Kier alpha value is -2.49. The van der Waals surface area contributed by atoms with Crippen LogP contribution in [0.25, 0.3) is 0 Å². The second-order valence-corrected chi connectivity index (χ2v) is 6.67. The number of benzene rings is 2. The molecule has 0 fully saturated rings. The lowest BCUT2D eigenvalue weighted by Crippen LogP contribution is -2.39. The van der Waals surface area contributed by atoms with Crippen molar-refractivity contribution in [2.24, 2.45) is 0 Å². The summed E-state index contributed by atoms with van der Waals surface area (Å²) in [5.74, 6) is 1.47. The van der Waals surface area contributed by atoms with E-state index in [-0.39, 0.29) is 5.91 Å². The minimum Gasteiger partial charge on any atom is -0.491 e. The van der Waals surface area contributed by atoms with Gasteiger partial charge in [0.25, 0.3) is 5.91 Å². The van der Waals surface area contributed by atoms with Gasteiger partial charge in [-0.25, -0.2) is 0 Å². The molecule has 0 aliphatic carbocycles. The number of nitrogens with one attached hydrogen (secondary N) is 1. The van der Waals surface area contributed by atoms with Crippen molar-refractivity contribution in [2.75, 3.05) is 13.2 Å². The Morgan fingerprint density at radius 1 is 1.00 bits per heavy atom. The van der Waals surface area contributed by atoms with Gasteiger partial charge in [-0.2, -0.15) is 0 Å². The molecule has 2 aromatic carbocycles. The number of hydrogen-bond acceptors (Lipinski definition) is 3. The van der Waals surface area contributed by atoms with E-state index in [1.807, 2.05) is 58.0 Å². The highest BCUT2D eigenvalue weighted by Crippen LogP contribution is 2.19. The van der Waals surface area contributed by atoms with Crippen LogP contribution >= 0.6 is 0 Å². The van der Waals surface area contributed by atoms with Crippen molar-refractivity contribution in [3.63, 3.8) is 0 Å². The predicted molar refractivity (Wildman–Crippen MR) is 105 cm³/mol. The summed E-state index contributed by atoms with van der Waals surface area (Å²) in [6.45, 7) is 10.9. The molecule has 0 aliphatic rings. The van der Waals surface area contributed by atoms with Gasteiger partial charge >= 0.3 is 0 Å². The highest BCUT2D eigenvalue weighted by Gasteiger charge is 2.18. The van der Waals surface area contributed by atoms with Crippen molar-refractivity contribution < 1.29 is 14.3 Å². The Morgan fingerprint density at radius 2 is 1.73 bits per heavy atom. The minimum absolute atomic E-state index is 0.115. The fourth-order valence-electron chi connectivity index (χ4n) is 2.59. The van der Waals surface area contributed by atoms with E-state index in [1.165, 1.54) is 5.56 Å². The Labute approximate surface area is 156 Å². The molecule has 2 aromatic rings. The molecule has 140 valence electrons. The summed E-state index contributed by atoms with van der Waals surface area (Å²) in [6, 6.07) is 12.0. The number of aryl methyl sites for hydroxylation is 4. The van der Waals surface area contributed by atoms with E-state index in [2.05, 4.69) is 18.3 Å². The SMILES string of the molecule is CC[C@@H](Oc1ccc(C)c(C)c1)C(=O)NCCOc1cc(C)ccc1C. The normalized spacial score (nSPS) is 11.7. The van der Waals surface area contributed by atoms with Crippen LogP contribution in [-0.4, -0.2) is 25.2 Å². The van der Waals surface area contributed by atoms with Gasteiger partial charge in [0, 0.05) is 0 Å². The second kappa shape index (κ2) is 9.27. The van der Waals surface area contributed by atoms with Crippen LogP contribution in [0, 0.1) is 27.7 Å². The maximum absolute atomic E-state index is 12.4. The third-order valence-corrected chi connectivity index (χ3v) is 4.42. The maximum atomic E-state index is 12.4. The third kappa shape index (κ3) is 5.51. The summed E-state index contributed by atoms with van der Waals surface area (Å²) in [4.78, 5) is 12.4. The molecule has 2 rings (SSSR count). The average molecular weight is 355 g/mol. The number of carbonyl (C=O) groups is 1. The van der Waals surface area contributed by atoms with E-state index in [9.17, 15) is 4.79 Å². The van der Waals surface area contributed by atoms with Crippen molar-refractivity contribution in [3.05, 3.63) is 58.7 Å². The lowest BCUT2D eigenvalue weighted by atomic mass is 10.1. The van der Waals surface area contributed by atoms with Gasteiger partial charge in [0.2, 0.25) is 0 Å². The van der Waals surface area contributed by atoms with E-state index in [0.29, 0.717) is 19.6 Å². The second-order valence-electron chi connectivity index (χ2n) is 6.67. The third-order valence-electron chi connectivity index (χ3n) is 4.42. The number of carbonyl (C=O) groups excluding carboxylic acids is 1. The first-order chi connectivity index (χ1) is 12.4. The molecular weight excluding hydrogens is 326 g/mol. The summed E-state index contributed by atoms with van der Waals surface area (Å²) in [5, 5.41) is 2.90. The van der Waals surface area contributed by atoms with Gasteiger partial charge in [0.05, 0.1) is 6.54 Å². The first kappa shape index (κ1) is 19.8. The van der Waals surface area contributed by atoms with Crippen LogP contribution in [0.15, 0.2) is 36.4 Å². The summed E-state index contributed by atoms with van der Waals surface area (Å²) in [6.07, 6.45) is 0.106. The van der Waals surface area contributed by atoms with Gasteiger partial charge < -0.3 is 14.8 Å². The fraction of sp³-hybridized carbons (Fsp3) is 0.409. The zero-order valence-corrected chi connectivity index (χ0v) is 16.4. The maximum Gasteiger partial charge on any atom is 0.261 e. The number of hydrogen-bond donors (Lipinski definition) is 1. The number of rotatable bonds is 8.